The van der Waals surface area contributed by atoms with Crippen molar-refractivity contribution in [2.75, 3.05) is 0 Å². The lowest BCUT2D eigenvalue weighted by molar-refractivity contribution is 0.660. The van der Waals surface area contributed by atoms with Crippen LogP contribution in [0.3, 0.4) is 0 Å². The van der Waals surface area contributed by atoms with Crippen LogP contribution in [0, 0.1) is 6.92 Å². The summed E-state index contributed by atoms with van der Waals surface area (Å²) in [6.45, 7) is 6.59. The van der Waals surface area contributed by atoms with Gasteiger partial charge in [0.2, 0.25) is 0 Å². The van der Waals surface area contributed by atoms with Crippen molar-refractivity contribution >= 4 is 10.9 Å². The maximum absolute atomic E-state index is 4.86. The second-order valence-corrected chi connectivity index (χ2v) is 7.54. The Labute approximate surface area is 153 Å². The number of hydrogen-bond donors (Lipinski definition) is 0. The van der Waals surface area contributed by atoms with Crippen LogP contribution in [0.1, 0.15) is 30.8 Å². The Hall–Kier alpha value is -3.00. The number of hydrogen-bond acceptors (Lipinski definition) is 2. The van der Waals surface area contributed by atoms with Crippen molar-refractivity contribution in [3.63, 3.8) is 0 Å². The first-order chi connectivity index (χ1) is 12.6. The lowest BCUT2D eigenvalue weighted by atomic mass is 9.82. The van der Waals surface area contributed by atoms with Crippen molar-refractivity contribution in [3.05, 3.63) is 83.7 Å². The minimum Gasteiger partial charge on any atom is -0.233 e. The average molecular weight is 336 g/mol. The van der Waals surface area contributed by atoms with E-state index in [9.17, 15) is 0 Å². The molecule has 26 heavy (non-hydrogen) atoms. The van der Waals surface area contributed by atoms with Gasteiger partial charge in [0.05, 0.1) is 11.2 Å². The fourth-order valence-electron chi connectivity index (χ4n) is 4.35. The third-order valence-corrected chi connectivity index (χ3v) is 5.58. The largest absolute Gasteiger partial charge is 0.233 e. The van der Waals surface area contributed by atoms with E-state index < -0.39 is 0 Å². The first-order valence-corrected chi connectivity index (χ1v) is 9.04. The molecule has 0 atom stereocenters. The van der Waals surface area contributed by atoms with Crippen LogP contribution in [0.25, 0.3) is 33.3 Å². The van der Waals surface area contributed by atoms with E-state index in [4.69, 9.17) is 4.98 Å². The molecule has 1 aromatic heterocycles. The summed E-state index contributed by atoms with van der Waals surface area (Å²) in [5.74, 6) is 0.807. The van der Waals surface area contributed by atoms with Gasteiger partial charge in [0.1, 0.15) is 5.82 Å². The van der Waals surface area contributed by atoms with Crippen LogP contribution >= 0.6 is 0 Å². The van der Waals surface area contributed by atoms with Crippen molar-refractivity contribution in [1.82, 2.24) is 9.97 Å². The molecule has 1 aliphatic carbocycles. The lowest BCUT2D eigenvalue weighted by Crippen LogP contribution is -2.14. The molecule has 4 aromatic rings. The molecule has 2 heteroatoms. The number of nitrogens with zero attached hydrogens (tertiary/aromatic N) is 2. The topological polar surface area (TPSA) is 25.8 Å². The van der Waals surface area contributed by atoms with Gasteiger partial charge in [-0.05, 0) is 35.2 Å². The number of aryl methyl sites for hydroxylation is 1. The Balaban J connectivity index is 1.91. The normalized spacial score (nSPS) is 14.3. The molecule has 3 aromatic carbocycles. The highest BCUT2D eigenvalue weighted by Gasteiger charge is 2.36. The van der Waals surface area contributed by atoms with Crippen LogP contribution in [0.5, 0.6) is 0 Å². The smallest absolute Gasteiger partial charge is 0.126 e. The molecule has 1 heterocycles. The summed E-state index contributed by atoms with van der Waals surface area (Å²) in [6.07, 6.45) is 0. The van der Waals surface area contributed by atoms with E-state index in [-0.39, 0.29) is 5.41 Å². The molecular formula is C24H20N2. The molecule has 0 spiro atoms. The van der Waals surface area contributed by atoms with E-state index in [1.165, 1.54) is 27.8 Å². The molecule has 1 aliphatic rings. The van der Waals surface area contributed by atoms with Gasteiger partial charge < -0.3 is 0 Å². The molecular weight excluding hydrogens is 316 g/mol. The summed E-state index contributed by atoms with van der Waals surface area (Å²) < 4.78 is 0. The molecule has 126 valence electrons. The third-order valence-electron chi connectivity index (χ3n) is 5.58. The number of para-hydroxylation sites is 1. The quantitative estimate of drug-likeness (QED) is 0.432. The van der Waals surface area contributed by atoms with Crippen molar-refractivity contribution in [2.24, 2.45) is 0 Å². The van der Waals surface area contributed by atoms with Crippen LogP contribution < -0.4 is 0 Å². The van der Waals surface area contributed by atoms with Gasteiger partial charge in [-0.25, -0.2) is 9.97 Å². The van der Waals surface area contributed by atoms with Gasteiger partial charge >= 0.3 is 0 Å². The summed E-state index contributed by atoms with van der Waals surface area (Å²) in [7, 11) is 0. The Morgan fingerprint density at radius 3 is 2.27 bits per heavy atom. The minimum absolute atomic E-state index is 0.000183. The number of benzene rings is 3. The SMILES string of the molecule is Cc1nc(-c2cccc3c2-c2ccccc2C3(C)C)c2ccccc2n1. The van der Waals surface area contributed by atoms with Crippen LogP contribution in [0.15, 0.2) is 66.7 Å². The van der Waals surface area contributed by atoms with E-state index >= 15 is 0 Å². The third kappa shape index (κ3) is 1.99. The number of fused-ring (bicyclic) bond motifs is 4. The second kappa shape index (κ2) is 5.25. The first kappa shape index (κ1) is 15.3. The van der Waals surface area contributed by atoms with Gasteiger partial charge in [0.15, 0.2) is 0 Å². The summed E-state index contributed by atoms with van der Waals surface area (Å²) >= 11 is 0. The standard InChI is InChI=1S/C24H20N2/c1-15-25-21-14-7-5-10-17(21)23(26-15)18-11-8-13-20-22(18)16-9-4-6-12-19(16)24(20,2)3/h4-14H,1-3H3. The predicted molar refractivity (Wildman–Crippen MR) is 107 cm³/mol. The van der Waals surface area contributed by atoms with Gasteiger partial charge in [-0.15, -0.1) is 0 Å². The van der Waals surface area contributed by atoms with Gasteiger partial charge in [0.25, 0.3) is 0 Å². The average Bonchev–Trinajstić information content (AvgIpc) is 2.89. The van der Waals surface area contributed by atoms with E-state index in [0.717, 1.165) is 22.4 Å². The Morgan fingerprint density at radius 2 is 1.38 bits per heavy atom. The zero-order valence-corrected chi connectivity index (χ0v) is 15.2. The van der Waals surface area contributed by atoms with Crippen molar-refractivity contribution < 1.29 is 0 Å². The second-order valence-electron chi connectivity index (χ2n) is 7.54. The monoisotopic (exact) mass is 336 g/mol. The molecule has 0 bridgehead atoms. The van der Waals surface area contributed by atoms with Gasteiger partial charge in [-0.3, -0.25) is 0 Å². The molecule has 0 saturated carbocycles. The van der Waals surface area contributed by atoms with Gasteiger partial charge in [-0.2, -0.15) is 0 Å². The van der Waals surface area contributed by atoms with E-state index in [0.29, 0.717) is 0 Å². The van der Waals surface area contributed by atoms with Crippen LogP contribution in [0.2, 0.25) is 0 Å². The molecule has 0 fully saturated rings. The van der Waals surface area contributed by atoms with Gasteiger partial charge in [-0.1, -0.05) is 74.5 Å². The molecule has 2 nitrogen and oxygen atoms in total. The fraction of sp³-hybridized carbons (Fsp3) is 0.167. The van der Waals surface area contributed by atoms with Crippen molar-refractivity contribution in [3.8, 4) is 22.4 Å². The zero-order valence-electron chi connectivity index (χ0n) is 15.2. The number of rotatable bonds is 1. The van der Waals surface area contributed by atoms with E-state index in [2.05, 4.69) is 79.5 Å². The Kier molecular flexibility index (Phi) is 3.08. The highest BCUT2D eigenvalue weighted by atomic mass is 14.9. The fourth-order valence-corrected chi connectivity index (χ4v) is 4.35. The molecule has 0 amide bonds. The van der Waals surface area contributed by atoms with E-state index in [1.807, 2.05) is 13.0 Å². The Morgan fingerprint density at radius 1 is 0.692 bits per heavy atom. The summed E-state index contributed by atoms with van der Waals surface area (Å²) in [6, 6.07) is 23.7. The molecule has 0 radical (unpaired) electrons. The maximum atomic E-state index is 4.86. The van der Waals surface area contributed by atoms with Crippen LogP contribution in [0.4, 0.5) is 0 Å². The van der Waals surface area contributed by atoms with Crippen molar-refractivity contribution in [2.45, 2.75) is 26.2 Å². The number of aromatic nitrogens is 2. The first-order valence-electron chi connectivity index (χ1n) is 9.04. The highest BCUT2D eigenvalue weighted by Crippen LogP contribution is 2.52. The zero-order chi connectivity index (χ0) is 17.9. The van der Waals surface area contributed by atoms with E-state index in [1.54, 1.807) is 0 Å². The summed E-state index contributed by atoms with van der Waals surface area (Å²) in [5.41, 5.74) is 8.62. The van der Waals surface area contributed by atoms with Crippen molar-refractivity contribution in [1.29, 1.82) is 0 Å². The molecule has 5 rings (SSSR count). The molecule has 0 aliphatic heterocycles. The molecule has 0 saturated heterocycles. The van der Waals surface area contributed by atoms with Crippen LogP contribution in [-0.2, 0) is 5.41 Å². The highest BCUT2D eigenvalue weighted by molar-refractivity contribution is 6.00. The summed E-state index contributed by atoms with van der Waals surface area (Å²) in [4.78, 5) is 9.48. The predicted octanol–water partition coefficient (Wildman–Crippen LogP) is 5.91. The minimum atomic E-state index is -0.000183. The van der Waals surface area contributed by atoms with Crippen LogP contribution in [-0.4, -0.2) is 9.97 Å². The molecule has 0 unspecified atom stereocenters. The molecule has 0 N–H and O–H groups in total. The Bertz CT molecular complexity index is 1170. The summed E-state index contributed by atoms with van der Waals surface area (Å²) in [5, 5.41) is 1.11. The lowest BCUT2D eigenvalue weighted by Gasteiger charge is -2.21. The van der Waals surface area contributed by atoms with Gasteiger partial charge in [0, 0.05) is 16.4 Å². The maximum Gasteiger partial charge on any atom is 0.126 e.